The van der Waals surface area contributed by atoms with Crippen LogP contribution in [0.25, 0.3) is 4.96 Å². The Morgan fingerprint density at radius 1 is 1.27 bits per heavy atom. The van der Waals surface area contributed by atoms with E-state index in [2.05, 4.69) is 21.9 Å². The minimum atomic E-state index is -0.229. The van der Waals surface area contributed by atoms with Crippen LogP contribution in [-0.4, -0.2) is 26.0 Å². The van der Waals surface area contributed by atoms with E-state index < -0.39 is 0 Å². The quantitative estimate of drug-likeness (QED) is 0.636. The van der Waals surface area contributed by atoms with Gasteiger partial charge in [-0.3, -0.25) is 9.69 Å². The van der Waals surface area contributed by atoms with Crippen molar-refractivity contribution in [3.63, 3.8) is 0 Å². The van der Waals surface area contributed by atoms with Crippen molar-refractivity contribution in [1.29, 1.82) is 0 Å². The van der Waals surface area contributed by atoms with E-state index >= 15 is 0 Å². The first-order valence-electron chi connectivity index (χ1n) is 8.99. The van der Waals surface area contributed by atoms with Crippen LogP contribution in [-0.2, 0) is 13.1 Å². The first-order valence-corrected chi connectivity index (χ1v) is 9.80. The lowest BCUT2D eigenvalue weighted by atomic mass is 10.2. The van der Waals surface area contributed by atoms with Crippen molar-refractivity contribution in [2.45, 2.75) is 45.2 Å². The Labute approximate surface area is 155 Å². The zero-order chi connectivity index (χ0) is 18.1. The molecule has 1 fully saturated rings. The van der Waals surface area contributed by atoms with Crippen molar-refractivity contribution >= 4 is 16.3 Å². The van der Waals surface area contributed by atoms with Crippen LogP contribution in [0.5, 0.6) is 0 Å². The minimum absolute atomic E-state index is 0.119. The topological polar surface area (TPSA) is 50.5 Å². The normalized spacial score (nSPS) is 14.4. The standard InChI is InChI=1S/C19H21FN4OS/c1-2-9-23(11-13-3-7-15(20)8-4-13)12-16-10-17(25)24-19(21-16)26-18(22-24)14-5-6-14/h3-4,7-8,10,14H,2,5-6,9,11-12H2,1H3. The number of hydrogen-bond donors (Lipinski definition) is 0. The highest BCUT2D eigenvalue weighted by Crippen LogP contribution is 2.41. The molecular weight excluding hydrogens is 351 g/mol. The summed E-state index contributed by atoms with van der Waals surface area (Å²) in [7, 11) is 0. The van der Waals surface area contributed by atoms with Gasteiger partial charge in [0.1, 0.15) is 10.8 Å². The highest BCUT2D eigenvalue weighted by Gasteiger charge is 2.28. The largest absolute Gasteiger partial charge is 0.293 e. The molecule has 0 aliphatic heterocycles. The molecule has 0 bridgehead atoms. The van der Waals surface area contributed by atoms with E-state index in [-0.39, 0.29) is 11.4 Å². The molecule has 3 aromatic rings. The molecule has 0 N–H and O–H groups in total. The smallest absolute Gasteiger partial charge is 0.275 e. The number of benzene rings is 1. The van der Waals surface area contributed by atoms with Gasteiger partial charge >= 0.3 is 0 Å². The number of rotatable bonds is 7. The van der Waals surface area contributed by atoms with Crippen LogP contribution < -0.4 is 5.56 Å². The van der Waals surface area contributed by atoms with Gasteiger partial charge in [0.15, 0.2) is 0 Å². The average molecular weight is 372 g/mol. The van der Waals surface area contributed by atoms with Crippen LogP contribution in [0.15, 0.2) is 35.1 Å². The third-order valence-corrected chi connectivity index (χ3v) is 5.56. The van der Waals surface area contributed by atoms with Crippen molar-refractivity contribution in [2.75, 3.05) is 6.54 Å². The molecule has 1 saturated carbocycles. The van der Waals surface area contributed by atoms with Crippen molar-refractivity contribution in [3.05, 3.63) is 62.8 Å². The van der Waals surface area contributed by atoms with Crippen molar-refractivity contribution in [2.24, 2.45) is 0 Å². The summed E-state index contributed by atoms with van der Waals surface area (Å²) in [6, 6.07) is 8.14. The second-order valence-electron chi connectivity index (χ2n) is 6.83. The van der Waals surface area contributed by atoms with E-state index in [0.717, 1.165) is 42.1 Å². The van der Waals surface area contributed by atoms with E-state index in [4.69, 9.17) is 0 Å². The molecule has 2 aromatic heterocycles. The van der Waals surface area contributed by atoms with E-state index in [1.54, 1.807) is 18.2 Å². The Hall–Kier alpha value is -2.12. The summed E-state index contributed by atoms with van der Waals surface area (Å²) in [5.41, 5.74) is 1.69. The third-order valence-electron chi connectivity index (χ3n) is 4.49. The van der Waals surface area contributed by atoms with Gasteiger partial charge in [-0.2, -0.15) is 9.61 Å². The predicted molar refractivity (Wildman–Crippen MR) is 99.9 cm³/mol. The van der Waals surface area contributed by atoms with Crippen LogP contribution in [0.1, 0.15) is 48.4 Å². The molecular formula is C19H21FN4OS. The van der Waals surface area contributed by atoms with Gasteiger partial charge in [0, 0.05) is 25.1 Å². The van der Waals surface area contributed by atoms with Crippen LogP contribution in [0.2, 0.25) is 0 Å². The van der Waals surface area contributed by atoms with Gasteiger partial charge in [0.25, 0.3) is 5.56 Å². The minimum Gasteiger partial charge on any atom is -0.293 e. The van der Waals surface area contributed by atoms with Gasteiger partial charge in [-0.25, -0.2) is 9.37 Å². The van der Waals surface area contributed by atoms with Gasteiger partial charge < -0.3 is 0 Å². The third kappa shape index (κ3) is 3.83. The molecule has 136 valence electrons. The Bertz CT molecular complexity index is 962. The van der Waals surface area contributed by atoms with Crippen molar-refractivity contribution in [3.8, 4) is 0 Å². The zero-order valence-electron chi connectivity index (χ0n) is 14.7. The molecule has 0 atom stereocenters. The number of halogens is 1. The summed E-state index contributed by atoms with van der Waals surface area (Å²) in [5.74, 6) is 0.284. The van der Waals surface area contributed by atoms with Crippen LogP contribution in [0.4, 0.5) is 4.39 Å². The second-order valence-corrected chi connectivity index (χ2v) is 7.82. The molecule has 0 radical (unpaired) electrons. The molecule has 1 aliphatic rings. The van der Waals surface area contributed by atoms with Gasteiger partial charge in [0.05, 0.1) is 5.69 Å². The first-order chi connectivity index (χ1) is 12.6. The lowest BCUT2D eigenvalue weighted by Gasteiger charge is -2.21. The maximum Gasteiger partial charge on any atom is 0.275 e. The Kier molecular flexibility index (Phi) is 4.82. The molecule has 0 unspecified atom stereocenters. The maximum atomic E-state index is 13.1. The fraction of sp³-hybridized carbons (Fsp3) is 0.421. The molecule has 4 rings (SSSR count). The van der Waals surface area contributed by atoms with Gasteiger partial charge in [-0.15, -0.1) is 0 Å². The summed E-state index contributed by atoms with van der Waals surface area (Å²) in [6.45, 7) is 4.29. The summed E-state index contributed by atoms with van der Waals surface area (Å²) >= 11 is 1.52. The monoisotopic (exact) mass is 372 g/mol. The maximum absolute atomic E-state index is 13.1. The predicted octanol–water partition coefficient (Wildman–Crippen LogP) is 3.58. The van der Waals surface area contributed by atoms with Gasteiger partial charge in [-0.1, -0.05) is 30.4 Å². The highest BCUT2D eigenvalue weighted by atomic mass is 32.1. The van der Waals surface area contributed by atoms with Crippen LogP contribution in [0, 0.1) is 5.82 Å². The fourth-order valence-electron chi connectivity index (χ4n) is 3.05. The fourth-order valence-corrected chi connectivity index (χ4v) is 4.15. The number of fused-ring (bicyclic) bond motifs is 1. The number of aromatic nitrogens is 3. The summed E-state index contributed by atoms with van der Waals surface area (Å²) in [6.07, 6.45) is 3.31. The first kappa shape index (κ1) is 17.3. The molecule has 0 saturated heterocycles. The van der Waals surface area contributed by atoms with Crippen molar-refractivity contribution < 1.29 is 4.39 Å². The highest BCUT2D eigenvalue weighted by molar-refractivity contribution is 7.16. The lowest BCUT2D eigenvalue weighted by Crippen LogP contribution is -2.26. The van der Waals surface area contributed by atoms with E-state index in [0.29, 0.717) is 24.0 Å². The molecule has 7 heteroatoms. The lowest BCUT2D eigenvalue weighted by molar-refractivity contribution is 0.254. The van der Waals surface area contributed by atoms with Gasteiger partial charge in [-0.05, 0) is 43.5 Å². The summed E-state index contributed by atoms with van der Waals surface area (Å²) < 4.78 is 14.5. The average Bonchev–Trinajstić information content (AvgIpc) is 3.37. The molecule has 5 nitrogen and oxygen atoms in total. The van der Waals surface area contributed by atoms with Crippen LogP contribution in [0.3, 0.4) is 0 Å². The zero-order valence-corrected chi connectivity index (χ0v) is 15.5. The molecule has 0 spiro atoms. The molecule has 2 heterocycles. The van der Waals surface area contributed by atoms with E-state index in [1.165, 1.54) is 28.0 Å². The molecule has 1 aliphatic carbocycles. The SMILES string of the molecule is CCCN(Cc1ccc(F)cc1)Cc1cc(=O)n2nc(C3CC3)sc2n1. The van der Waals surface area contributed by atoms with Gasteiger partial charge in [0.2, 0.25) is 4.96 Å². The molecule has 1 aromatic carbocycles. The summed E-state index contributed by atoms with van der Waals surface area (Å²) in [4.78, 5) is 20.0. The second kappa shape index (κ2) is 7.25. The van der Waals surface area contributed by atoms with Crippen LogP contribution >= 0.6 is 11.3 Å². The summed E-state index contributed by atoms with van der Waals surface area (Å²) in [5, 5.41) is 5.44. The molecule has 0 amide bonds. The number of hydrogen-bond acceptors (Lipinski definition) is 5. The Morgan fingerprint density at radius 2 is 2.04 bits per heavy atom. The Morgan fingerprint density at radius 3 is 2.73 bits per heavy atom. The number of nitrogens with zero attached hydrogens (tertiary/aromatic N) is 4. The van der Waals surface area contributed by atoms with E-state index in [1.807, 2.05) is 0 Å². The van der Waals surface area contributed by atoms with Crippen molar-refractivity contribution in [1.82, 2.24) is 19.5 Å². The Balaban J connectivity index is 1.56. The molecule has 26 heavy (non-hydrogen) atoms. The van der Waals surface area contributed by atoms with E-state index in [9.17, 15) is 9.18 Å².